The summed E-state index contributed by atoms with van der Waals surface area (Å²) in [5, 5.41) is 3.60. The predicted molar refractivity (Wildman–Crippen MR) is 76.0 cm³/mol. The molecule has 0 amide bonds. The number of hydrogen-bond donors (Lipinski definition) is 1. The van der Waals surface area contributed by atoms with Gasteiger partial charge in [0.05, 0.1) is 11.7 Å². The van der Waals surface area contributed by atoms with Crippen LogP contribution in [0.2, 0.25) is 0 Å². The van der Waals surface area contributed by atoms with Crippen molar-refractivity contribution in [3.05, 3.63) is 0 Å². The summed E-state index contributed by atoms with van der Waals surface area (Å²) >= 11 is 0. The minimum absolute atomic E-state index is 0.0296. The van der Waals surface area contributed by atoms with Crippen LogP contribution in [0.25, 0.3) is 0 Å². The van der Waals surface area contributed by atoms with E-state index < -0.39 is 0 Å². The highest BCUT2D eigenvalue weighted by Crippen LogP contribution is 2.25. The second kappa shape index (κ2) is 6.36. The normalized spacial score (nSPS) is 25.0. The maximum atomic E-state index is 5.82. The van der Waals surface area contributed by atoms with E-state index in [9.17, 15) is 0 Å². The molecular formula is C15H31NO2. The Balaban J connectivity index is 1.94. The minimum Gasteiger partial charge on any atom is -0.378 e. The van der Waals surface area contributed by atoms with Gasteiger partial charge in [-0.3, -0.25) is 0 Å². The van der Waals surface area contributed by atoms with E-state index in [4.69, 9.17) is 9.47 Å². The van der Waals surface area contributed by atoms with Crippen molar-refractivity contribution in [2.75, 3.05) is 13.2 Å². The molecule has 1 aliphatic rings. The van der Waals surface area contributed by atoms with Crippen molar-refractivity contribution >= 4 is 0 Å². The first-order valence-corrected chi connectivity index (χ1v) is 7.19. The lowest BCUT2D eigenvalue weighted by Crippen LogP contribution is -2.52. The van der Waals surface area contributed by atoms with Gasteiger partial charge in [0.1, 0.15) is 0 Å². The van der Waals surface area contributed by atoms with Crippen LogP contribution < -0.4 is 5.32 Å². The lowest BCUT2D eigenvalue weighted by atomic mass is 9.87. The Morgan fingerprint density at radius 3 is 2.11 bits per heavy atom. The molecule has 3 heteroatoms. The molecule has 0 unspecified atom stereocenters. The summed E-state index contributed by atoms with van der Waals surface area (Å²) in [5.74, 6) is 0. The quantitative estimate of drug-likeness (QED) is 0.742. The third-order valence-electron chi connectivity index (χ3n) is 2.91. The monoisotopic (exact) mass is 257 g/mol. The Bertz CT molecular complexity index is 234. The number of nitrogens with one attached hydrogen (secondary N) is 1. The average molecular weight is 257 g/mol. The van der Waals surface area contributed by atoms with Crippen LogP contribution in [0.15, 0.2) is 0 Å². The molecule has 0 heterocycles. The van der Waals surface area contributed by atoms with Gasteiger partial charge in [-0.2, -0.15) is 0 Å². The van der Waals surface area contributed by atoms with E-state index in [0.717, 1.165) is 32.5 Å². The Morgan fingerprint density at radius 1 is 1.00 bits per heavy atom. The van der Waals surface area contributed by atoms with Gasteiger partial charge in [-0.05, 0) is 60.8 Å². The van der Waals surface area contributed by atoms with Gasteiger partial charge >= 0.3 is 0 Å². The van der Waals surface area contributed by atoms with Crippen LogP contribution in [0.3, 0.4) is 0 Å². The van der Waals surface area contributed by atoms with Gasteiger partial charge in [0, 0.05) is 24.8 Å². The molecule has 108 valence electrons. The molecule has 1 saturated carbocycles. The van der Waals surface area contributed by atoms with Gasteiger partial charge in [0.2, 0.25) is 0 Å². The molecule has 0 spiro atoms. The third kappa shape index (κ3) is 7.34. The highest BCUT2D eigenvalue weighted by atomic mass is 16.5. The van der Waals surface area contributed by atoms with Crippen LogP contribution >= 0.6 is 0 Å². The van der Waals surface area contributed by atoms with E-state index in [0.29, 0.717) is 12.1 Å². The first-order valence-electron chi connectivity index (χ1n) is 7.19. The summed E-state index contributed by atoms with van der Waals surface area (Å²) in [6, 6.07) is 0.640. The summed E-state index contributed by atoms with van der Waals surface area (Å²) in [4.78, 5) is 0. The molecule has 0 radical (unpaired) electrons. The Labute approximate surface area is 113 Å². The fraction of sp³-hybridized carbons (Fsp3) is 1.00. The molecule has 3 nitrogen and oxygen atoms in total. The lowest BCUT2D eigenvalue weighted by Gasteiger charge is -2.40. The molecule has 1 aliphatic carbocycles. The number of rotatable bonds is 6. The molecule has 0 atom stereocenters. The molecule has 0 aromatic rings. The van der Waals surface area contributed by atoms with E-state index in [1.54, 1.807) is 0 Å². The summed E-state index contributed by atoms with van der Waals surface area (Å²) < 4.78 is 11.5. The first kappa shape index (κ1) is 15.9. The third-order valence-corrected chi connectivity index (χ3v) is 2.91. The van der Waals surface area contributed by atoms with Gasteiger partial charge < -0.3 is 14.8 Å². The zero-order valence-corrected chi connectivity index (χ0v) is 13.0. The topological polar surface area (TPSA) is 30.5 Å². The first-order chi connectivity index (χ1) is 8.16. The molecule has 0 aromatic carbocycles. The summed E-state index contributed by atoms with van der Waals surface area (Å²) in [6.45, 7) is 14.5. The van der Waals surface area contributed by atoms with Crippen molar-refractivity contribution in [3.63, 3.8) is 0 Å². The van der Waals surface area contributed by atoms with Gasteiger partial charge in [0.15, 0.2) is 0 Å². The summed E-state index contributed by atoms with van der Waals surface area (Å²) in [7, 11) is 0. The van der Waals surface area contributed by atoms with Crippen molar-refractivity contribution < 1.29 is 9.47 Å². The van der Waals surface area contributed by atoms with E-state index in [-0.39, 0.29) is 11.1 Å². The zero-order chi connectivity index (χ0) is 13.8. The molecule has 0 saturated heterocycles. The minimum atomic E-state index is -0.0296. The highest BCUT2D eigenvalue weighted by molar-refractivity contribution is 4.90. The van der Waals surface area contributed by atoms with Crippen LogP contribution in [-0.4, -0.2) is 36.5 Å². The summed E-state index contributed by atoms with van der Waals surface area (Å²) in [5.41, 5.74) is 0.189. The molecule has 18 heavy (non-hydrogen) atoms. The smallest absolute Gasteiger partial charge is 0.0604 e. The lowest BCUT2D eigenvalue weighted by molar-refractivity contribution is -0.0461. The van der Waals surface area contributed by atoms with Crippen molar-refractivity contribution in [2.45, 2.75) is 84.1 Å². The zero-order valence-electron chi connectivity index (χ0n) is 13.0. The van der Waals surface area contributed by atoms with Crippen LogP contribution in [0.4, 0.5) is 0 Å². The van der Waals surface area contributed by atoms with Crippen molar-refractivity contribution in [3.8, 4) is 0 Å². The van der Waals surface area contributed by atoms with Crippen LogP contribution in [0, 0.1) is 0 Å². The SMILES string of the molecule is CC(C)(C)NC1CC(OCCCOC(C)(C)C)C1. The van der Waals surface area contributed by atoms with Crippen LogP contribution in [-0.2, 0) is 9.47 Å². The molecule has 0 bridgehead atoms. The largest absolute Gasteiger partial charge is 0.378 e. The fourth-order valence-corrected chi connectivity index (χ4v) is 2.12. The predicted octanol–water partition coefficient (Wildman–Crippen LogP) is 3.13. The maximum absolute atomic E-state index is 5.82. The second-order valence-electron chi connectivity index (χ2n) is 7.37. The van der Waals surface area contributed by atoms with Gasteiger partial charge in [0.25, 0.3) is 0 Å². The highest BCUT2D eigenvalue weighted by Gasteiger charge is 2.31. The molecule has 1 fully saturated rings. The van der Waals surface area contributed by atoms with Crippen molar-refractivity contribution in [1.29, 1.82) is 0 Å². The van der Waals surface area contributed by atoms with Crippen LogP contribution in [0.1, 0.15) is 60.8 Å². The maximum Gasteiger partial charge on any atom is 0.0604 e. The van der Waals surface area contributed by atoms with E-state index in [1.807, 2.05) is 0 Å². The second-order valence-corrected chi connectivity index (χ2v) is 7.37. The van der Waals surface area contributed by atoms with Crippen LogP contribution in [0.5, 0.6) is 0 Å². The van der Waals surface area contributed by atoms with Gasteiger partial charge in [-0.25, -0.2) is 0 Å². The molecular weight excluding hydrogens is 226 g/mol. The van der Waals surface area contributed by atoms with E-state index in [2.05, 4.69) is 46.9 Å². The number of hydrogen-bond acceptors (Lipinski definition) is 3. The Hall–Kier alpha value is -0.120. The van der Waals surface area contributed by atoms with E-state index >= 15 is 0 Å². The fourth-order valence-electron chi connectivity index (χ4n) is 2.12. The molecule has 0 aromatic heterocycles. The summed E-state index contributed by atoms with van der Waals surface area (Å²) in [6.07, 6.45) is 3.75. The Kier molecular flexibility index (Phi) is 5.63. The van der Waals surface area contributed by atoms with E-state index in [1.165, 1.54) is 0 Å². The number of ether oxygens (including phenoxy) is 2. The average Bonchev–Trinajstić information content (AvgIpc) is 2.08. The van der Waals surface area contributed by atoms with Crippen molar-refractivity contribution in [2.24, 2.45) is 0 Å². The standard InChI is InChI=1S/C15H31NO2/c1-14(2,3)16-12-10-13(11-12)17-8-7-9-18-15(4,5)6/h12-13,16H,7-11H2,1-6H3. The van der Waals surface area contributed by atoms with Gasteiger partial charge in [-0.1, -0.05) is 0 Å². The Morgan fingerprint density at radius 2 is 1.61 bits per heavy atom. The molecule has 1 N–H and O–H groups in total. The van der Waals surface area contributed by atoms with Gasteiger partial charge in [-0.15, -0.1) is 0 Å². The van der Waals surface area contributed by atoms with Crippen molar-refractivity contribution in [1.82, 2.24) is 5.32 Å². The molecule has 0 aliphatic heterocycles. The molecule has 1 rings (SSSR count).